The van der Waals surface area contributed by atoms with E-state index in [1.807, 2.05) is 115 Å². The van der Waals surface area contributed by atoms with Crippen molar-refractivity contribution in [1.82, 2.24) is 24.9 Å². The molecule has 0 spiro atoms. The van der Waals surface area contributed by atoms with Gasteiger partial charge in [0.15, 0.2) is 17.5 Å². The van der Waals surface area contributed by atoms with Gasteiger partial charge < -0.3 is 0 Å². The lowest BCUT2D eigenvalue weighted by Crippen LogP contribution is -2.17. The summed E-state index contributed by atoms with van der Waals surface area (Å²) >= 11 is 0. The predicted molar refractivity (Wildman–Crippen MR) is 177 cm³/mol. The van der Waals surface area contributed by atoms with Crippen LogP contribution in [0.25, 0.3) is 45.2 Å². The third-order valence-corrected chi connectivity index (χ3v) is 9.66. The van der Waals surface area contributed by atoms with E-state index in [9.17, 15) is 8.42 Å². The van der Waals surface area contributed by atoms with Gasteiger partial charge >= 0.3 is 0 Å². The summed E-state index contributed by atoms with van der Waals surface area (Å²) in [6.45, 7) is 0. The fraction of sp³-hybridized carbons (Fsp3) is 0. The molecule has 220 valence electrons. The number of rotatable bonds is 6. The minimum Gasteiger partial charge on any atom is -0.261 e. The quantitative estimate of drug-likeness (QED) is 0.186. The zero-order chi connectivity index (χ0) is 31.1. The molecule has 7 aromatic rings. The average Bonchev–Trinajstić information content (AvgIpc) is 3.35. The van der Waals surface area contributed by atoms with Gasteiger partial charge in [-0.3, -0.25) is 9.88 Å². The van der Waals surface area contributed by atoms with Crippen LogP contribution >= 0.6 is 0 Å². The Kier molecular flexibility index (Phi) is 6.66. The van der Waals surface area contributed by atoms with Gasteiger partial charge in [-0.25, -0.2) is 18.4 Å². The molecule has 3 heterocycles. The third-order valence-electron chi connectivity index (χ3n) is 7.80. The van der Waals surface area contributed by atoms with Gasteiger partial charge in [0, 0.05) is 27.8 Å². The van der Waals surface area contributed by atoms with E-state index >= 15 is 0 Å². The minimum absolute atomic E-state index is 0.214. The first-order valence-corrected chi connectivity index (χ1v) is 16.1. The van der Waals surface area contributed by atoms with Crippen molar-refractivity contribution < 1.29 is 8.42 Å². The molecule has 0 radical (unpaired) electrons. The summed E-state index contributed by atoms with van der Waals surface area (Å²) in [7, 11) is -3.75. The molecule has 0 amide bonds. The SMILES string of the molecule is O=S1(=O)c2ccccc2-c2ccc(N(c3cnc(-c4ccccc4)cn3)c3nc(-c4ccccc4)nc(-c4ccccc4)n3)cc21. The van der Waals surface area contributed by atoms with Crippen molar-refractivity contribution in [2.75, 3.05) is 4.90 Å². The first kappa shape index (κ1) is 27.5. The molecular formula is C37H24N6O2S. The van der Waals surface area contributed by atoms with E-state index in [-0.39, 0.29) is 10.8 Å². The molecule has 0 atom stereocenters. The standard InChI is InChI=1S/C37H24N6O2S/c44-46(45)32-19-11-10-18-29(32)30-21-20-28(22-33(30)46)43(34-24-38-31(23-39-34)25-12-4-1-5-13-25)37-41-35(26-14-6-2-7-15-26)40-36(42-37)27-16-8-3-9-17-27/h1-24H. The maximum absolute atomic E-state index is 13.7. The molecule has 8 nitrogen and oxygen atoms in total. The Morgan fingerprint density at radius 1 is 0.500 bits per heavy atom. The van der Waals surface area contributed by atoms with Gasteiger partial charge in [-0.05, 0) is 18.2 Å². The number of sulfone groups is 1. The lowest BCUT2D eigenvalue weighted by Gasteiger charge is -2.23. The second kappa shape index (κ2) is 11.1. The van der Waals surface area contributed by atoms with Crippen LogP contribution in [0.5, 0.6) is 0 Å². The van der Waals surface area contributed by atoms with Gasteiger partial charge in [-0.2, -0.15) is 9.97 Å². The Bertz CT molecular complexity index is 2260. The Balaban J connectivity index is 1.34. The van der Waals surface area contributed by atoms with Crippen molar-refractivity contribution in [3.63, 3.8) is 0 Å². The summed E-state index contributed by atoms with van der Waals surface area (Å²) in [6.07, 6.45) is 3.34. The zero-order valence-electron chi connectivity index (χ0n) is 24.3. The summed E-state index contributed by atoms with van der Waals surface area (Å²) in [5.74, 6) is 1.60. The molecule has 8 rings (SSSR count). The smallest absolute Gasteiger partial charge is 0.240 e. The second-order valence-electron chi connectivity index (χ2n) is 10.7. The summed E-state index contributed by atoms with van der Waals surface area (Å²) in [4.78, 5) is 26.4. The highest BCUT2D eigenvalue weighted by Crippen LogP contribution is 2.45. The monoisotopic (exact) mass is 616 g/mol. The largest absolute Gasteiger partial charge is 0.261 e. The van der Waals surface area contributed by atoms with E-state index in [1.54, 1.807) is 35.5 Å². The van der Waals surface area contributed by atoms with Crippen molar-refractivity contribution >= 4 is 27.3 Å². The van der Waals surface area contributed by atoms with Crippen LogP contribution in [0, 0.1) is 0 Å². The van der Waals surface area contributed by atoms with Gasteiger partial charge in [-0.15, -0.1) is 0 Å². The van der Waals surface area contributed by atoms with Gasteiger partial charge in [-0.1, -0.05) is 115 Å². The molecular weight excluding hydrogens is 593 g/mol. The highest BCUT2D eigenvalue weighted by Gasteiger charge is 2.34. The lowest BCUT2D eigenvalue weighted by atomic mass is 10.1. The predicted octanol–water partition coefficient (Wildman–Crippen LogP) is 7.95. The summed E-state index contributed by atoms with van der Waals surface area (Å²) in [5.41, 5.74) is 5.08. The van der Waals surface area contributed by atoms with Gasteiger partial charge in [0.25, 0.3) is 0 Å². The van der Waals surface area contributed by atoms with E-state index in [0.717, 1.165) is 16.7 Å². The van der Waals surface area contributed by atoms with Crippen molar-refractivity contribution in [3.05, 3.63) is 146 Å². The minimum atomic E-state index is -3.75. The maximum Gasteiger partial charge on any atom is 0.240 e. The molecule has 0 N–H and O–H groups in total. The third kappa shape index (κ3) is 4.79. The highest BCUT2D eigenvalue weighted by atomic mass is 32.2. The number of hydrogen-bond acceptors (Lipinski definition) is 8. The van der Waals surface area contributed by atoms with Gasteiger partial charge in [0.1, 0.15) is 0 Å². The second-order valence-corrected chi connectivity index (χ2v) is 12.5. The highest BCUT2D eigenvalue weighted by molar-refractivity contribution is 7.92. The molecule has 46 heavy (non-hydrogen) atoms. The van der Waals surface area contributed by atoms with Crippen molar-refractivity contribution in [2.45, 2.75) is 9.79 Å². The normalized spacial score (nSPS) is 12.7. The Labute approximate surface area is 265 Å². The lowest BCUT2D eigenvalue weighted by molar-refractivity contribution is 0.598. The van der Waals surface area contributed by atoms with E-state index < -0.39 is 9.84 Å². The topological polar surface area (TPSA) is 102 Å². The van der Waals surface area contributed by atoms with E-state index in [0.29, 0.717) is 44.9 Å². The number of fused-ring (bicyclic) bond motifs is 3. The van der Waals surface area contributed by atoms with E-state index in [1.165, 1.54) is 0 Å². The van der Waals surface area contributed by atoms with Gasteiger partial charge in [0.2, 0.25) is 15.8 Å². The summed E-state index contributed by atoms with van der Waals surface area (Å²) in [6, 6.07) is 41.5. The first-order valence-electron chi connectivity index (χ1n) is 14.6. The van der Waals surface area contributed by atoms with E-state index in [2.05, 4.69) is 0 Å². The molecule has 5 aromatic carbocycles. The maximum atomic E-state index is 13.7. The van der Waals surface area contributed by atoms with Crippen LogP contribution in [0.3, 0.4) is 0 Å². The number of anilines is 3. The molecule has 9 heteroatoms. The van der Waals surface area contributed by atoms with Crippen LogP contribution in [0.1, 0.15) is 0 Å². The van der Waals surface area contributed by atoms with Crippen LogP contribution in [0.4, 0.5) is 17.5 Å². The first-order chi connectivity index (χ1) is 22.6. The Morgan fingerprint density at radius 2 is 1.07 bits per heavy atom. The number of benzene rings is 5. The fourth-order valence-corrected chi connectivity index (χ4v) is 7.28. The average molecular weight is 617 g/mol. The molecule has 0 aliphatic carbocycles. The fourth-order valence-electron chi connectivity index (χ4n) is 5.58. The number of aromatic nitrogens is 5. The molecule has 0 saturated carbocycles. The van der Waals surface area contributed by atoms with Crippen LogP contribution in [0.15, 0.2) is 156 Å². The molecule has 1 aliphatic rings. The molecule has 0 fully saturated rings. The van der Waals surface area contributed by atoms with Crippen molar-refractivity contribution in [2.24, 2.45) is 0 Å². The van der Waals surface area contributed by atoms with Crippen LogP contribution in [-0.4, -0.2) is 33.3 Å². The van der Waals surface area contributed by atoms with Crippen LogP contribution in [-0.2, 0) is 9.84 Å². The van der Waals surface area contributed by atoms with Gasteiger partial charge in [0.05, 0.1) is 33.6 Å². The van der Waals surface area contributed by atoms with Crippen LogP contribution < -0.4 is 4.90 Å². The molecule has 0 unspecified atom stereocenters. The molecule has 0 saturated heterocycles. The zero-order valence-corrected chi connectivity index (χ0v) is 25.1. The molecule has 2 aromatic heterocycles. The molecule has 0 bridgehead atoms. The van der Waals surface area contributed by atoms with E-state index in [4.69, 9.17) is 24.9 Å². The van der Waals surface area contributed by atoms with Crippen LogP contribution in [0.2, 0.25) is 0 Å². The Morgan fingerprint density at radius 3 is 1.67 bits per heavy atom. The molecule has 1 aliphatic heterocycles. The van der Waals surface area contributed by atoms with Crippen molar-refractivity contribution in [1.29, 1.82) is 0 Å². The summed E-state index contributed by atoms with van der Waals surface area (Å²) < 4.78 is 27.4. The Hall–Kier alpha value is -6.06. The van der Waals surface area contributed by atoms with Crippen molar-refractivity contribution in [3.8, 4) is 45.2 Å². The number of nitrogens with zero attached hydrogens (tertiary/aromatic N) is 6. The number of hydrogen-bond donors (Lipinski definition) is 0. The summed E-state index contributed by atoms with van der Waals surface area (Å²) in [5, 5.41) is 0.